The fraction of sp³-hybridized carbons (Fsp3) is 0.200. The quantitative estimate of drug-likeness (QED) is 0.538. The summed E-state index contributed by atoms with van der Waals surface area (Å²) in [6.45, 7) is 1.97. The molecule has 0 unspecified atom stereocenters. The lowest BCUT2D eigenvalue weighted by molar-refractivity contribution is -0.139. The number of nitrogens with zero attached hydrogens (tertiary/aromatic N) is 2. The topological polar surface area (TPSA) is 92.2 Å². The maximum Gasteiger partial charge on any atom is 0.326 e. The summed E-state index contributed by atoms with van der Waals surface area (Å²) in [7, 11) is 0. The number of rotatable bonds is 7. The Balaban J connectivity index is 2.00. The van der Waals surface area contributed by atoms with Crippen molar-refractivity contribution in [2.45, 2.75) is 19.4 Å². The summed E-state index contributed by atoms with van der Waals surface area (Å²) in [5.74, 6) is 5.27. The van der Waals surface area contributed by atoms with Crippen LogP contribution >= 0.6 is 11.8 Å². The summed E-state index contributed by atoms with van der Waals surface area (Å²) in [6, 6.07) is 12.1. The second-order valence-electron chi connectivity index (χ2n) is 7.10. The zero-order chi connectivity index (χ0) is 22.9. The third-order valence-electron chi connectivity index (χ3n) is 4.83. The number of carboxylic acid groups (broad SMARTS) is 1. The lowest BCUT2D eigenvalue weighted by atomic mass is 9.93. The summed E-state index contributed by atoms with van der Waals surface area (Å²) in [6.07, 6.45) is 6.96. The van der Waals surface area contributed by atoms with Gasteiger partial charge in [-0.25, -0.2) is 14.8 Å². The monoisotopic (exact) mass is 445 g/mol. The summed E-state index contributed by atoms with van der Waals surface area (Å²) >= 11 is 1.54. The molecule has 1 amide bonds. The number of amides is 1. The van der Waals surface area contributed by atoms with Crippen LogP contribution in [0.5, 0.6) is 0 Å². The van der Waals surface area contributed by atoms with Crippen molar-refractivity contribution in [2.75, 3.05) is 12.0 Å². The molecule has 162 valence electrons. The highest BCUT2D eigenvalue weighted by atomic mass is 32.2. The first-order chi connectivity index (χ1) is 15.5. The summed E-state index contributed by atoms with van der Waals surface area (Å²) in [4.78, 5) is 32.6. The maximum atomic E-state index is 13.1. The first-order valence-electron chi connectivity index (χ1n) is 9.99. The van der Waals surface area contributed by atoms with E-state index in [1.165, 1.54) is 18.1 Å². The molecule has 0 aliphatic rings. The molecule has 0 aliphatic carbocycles. The number of nitrogens with one attached hydrogen (secondary N) is 1. The van der Waals surface area contributed by atoms with Gasteiger partial charge in [-0.15, -0.1) is 0 Å². The van der Waals surface area contributed by atoms with E-state index in [1.807, 2.05) is 43.5 Å². The molecule has 6 nitrogen and oxygen atoms in total. The fourth-order valence-electron chi connectivity index (χ4n) is 3.16. The number of aliphatic carboxylic acids is 1. The molecule has 0 spiro atoms. The van der Waals surface area contributed by atoms with Crippen LogP contribution in [0.1, 0.15) is 33.5 Å². The Morgan fingerprint density at radius 2 is 1.78 bits per heavy atom. The third-order valence-corrected chi connectivity index (χ3v) is 5.47. The van der Waals surface area contributed by atoms with E-state index in [0.29, 0.717) is 28.9 Å². The zero-order valence-corrected chi connectivity index (χ0v) is 18.6. The Hall–Kier alpha value is -3.63. The van der Waals surface area contributed by atoms with Gasteiger partial charge in [-0.05, 0) is 60.2 Å². The molecule has 32 heavy (non-hydrogen) atoms. The number of carbonyl (C=O) groups is 2. The summed E-state index contributed by atoms with van der Waals surface area (Å²) < 4.78 is 0. The van der Waals surface area contributed by atoms with E-state index in [-0.39, 0.29) is 0 Å². The molecule has 2 aromatic carbocycles. The molecule has 1 aromatic heterocycles. The molecule has 7 heteroatoms. The number of benzene rings is 2. The predicted octanol–water partition coefficient (Wildman–Crippen LogP) is 3.79. The van der Waals surface area contributed by atoms with Gasteiger partial charge >= 0.3 is 5.97 Å². The van der Waals surface area contributed by atoms with Gasteiger partial charge in [0.1, 0.15) is 12.4 Å². The fourth-order valence-corrected chi connectivity index (χ4v) is 3.63. The molecule has 1 heterocycles. The average molecular weight is 446 g/mol. The van der Waals surface area contributed by atoms with Crippen LogP contribution in [0.25, 0.3) is 11.1 Å². The maximum absolute atomic E-state index is 13.1. The van der Waals surface area contributed by atoms with Crippen LogP contribution in [-0.2, 0) is 4.79 Å². The van der Waals surface area contributed by atoms with E-state index in [4.69, 9.17) is 0 Å². The molecule has 0 bridgehead atoms. The summed E-state index contributed by atoms with van der Waals surface area (Å²) in [5, 5.41) is 12.2. The van der Waals surface area contributed by atoms with Gasteiger partial charge in [0.05, 0.1) is 5.56 Å². The Morgan fingerprint density at radius 3 is 2.47 bits per heavy atom. The molecule has 3 aromatic rings. The predicted molar refractivity (Wildman–Crippen MR) is 127 cm³/mol. The smallest absolute Gasteiger partial charge is 0.326 e. The van der Waals surface area contributed by atoms with Gasteiger partial charge in [0.2, 0.25) is 0 Å². The third kappa shape index (κ3) is 5.96. The van der Waals surface area contributed by atoms with Crippen LogP contribution in [-0.4, -0.2) is 45.0 Å². The van der Waals surface area contributed by atoms with Crippen molar-refractivity contribution in [3.8, 4) is 23.0 Å². The first-order valence-corrected chi connectivity index (χ1v) is 11.4. The summed E-state index contributed by atoms with van der Waals surface area (Å²) in [5.41, 5.74) is 4.40. The highest BCUT2D eigenvalue weighted by molar-refractivity contribution is 7.98. The normalized spacial score (nSPS) is 11.2. The molecule has 0 saturated carbocycles. The van der Waals surface area contributed by atoms with Gasteiger partial charge < -0.3 is 10.4 Å². The van der Waals surface area contributed by atoms with E-state index in [0.717, 1.165) is 16.7 Å². The van der Waals surface area contributed by atoms with Crippen molar-refractivity contribution < 1.29 is 14.7 Å². The average Bonchev–Trinajstić information content (AvgIpc) is 2.81. The van der Waals surface area contributed by atoms with Crippen molar-refractivity contribution in [3.63, 3.8) is 0 Å². The Morgan fingerprint density at radius 1 is 1.06 bits per heavy atom. The van der Waals surface area contributed by atoms with Crippen LogP contribution in [0.4, 0.5) is 0 Å². The molecule has 0 radical (unpaired) electrons. The van der Waals surface area contributed by atoms with Crippen molar-refractivity contribution in [3.05, 3.63) is 83.4 Å². The molecule has 1 atom stereocenters. The number of aromatic nitrogens is 2. The highest BCUT2D eigenvalue weighted by Gasteiger charge is 2.22. The van der Waals surface area contributed by atoms with Gasteiger partial charge in [-0.2, -0.15) is 11.8 Å². The molecular weight excluding hydrogens is 422 g/mol. The molecule has 0 aliphatic heterocycles. The standard InChI is InChI=1S/C25H23N3O3S/c1-17-5-3-4-6-20(17)22-13-18(7-8-19-14-26-16-27-15-19)9-10-21(22)24(29)28-23(25(30)31)11-12-32-2/h3-6,9-10,13-16,23H,11-12H2,1-2H3,(H,28,29)(H,30,31)/t23-/m0/s1. The minimum absolute atomic E-state index is 0.352. The van der Waals surface area contributed by atoms with E-state index in [1.54, 1.807) is 24.5 Å². The number of carbonyl (C=O) groups excluding carboxylic acids is 1. The van der Waals surface area contributed by atoms with Crippen LogP contribution in [0.15, 0.2) is 61.2 Å². The Labute approximate surface area is 191 Å². The van der Waals surface area contributed by atoms with Crippen molar-refractivity contribution in [1.82, 2.24) is 15.3 Å². The van der Waals surface area contributed by atoms with Gasteiger partial charge in [0.15, 0.2) is 0 Å². The number of thioether (sulfide) groups is 1. The highest BCUT2D eigenvalue weighted by Crippen LogP contribution is 2.28. The van der Waals surface area contributed by atoms with Crippen LogP contribution in [0, 0.1) is 18.8 Å². The number of hydrogen-bond acceptors (Lipinski definition) is 5. The van der Waals surface area contributed by atoms with Gasteiger partial charge in [0.25, 0.3) is 5.91 Å². The SMILES string of the molecule is CSCC[C@H](NC(=O)c1ccc(C#Cc2cncnc2)cc1-c1ccccc1C)C(=O)O. The van der Waals surface area contributed by atoms with E-state index in [2.05, 4.69) is 27.1 Å². The van der Waals surface area contributed by atoms with Gasteiger partial charge in [0, 0.05) is 23.5 Å². The van der Waals surface area contributed by atoms with Crippen molar-refractivity contribution in [2.24, 2.45) is 0 Å². The van der Waals surface area contributed by atoms with Crippen LogP contribution in [0.3, 0.4) is 0 Å². The van der Waals surface area contributed by atoms with E-state index in [9.17, 15) is 14.7 Å². The van der Waals surface area contributed by atoms with Crippen LogP contribution < -0.4 is 5.32 Å². The van der Waals surface area contributed by atoms with Gasteiger partial charge in [-0.1, -0.05) is 36.1 Å². The second kappa shape index (κ2) is 11.1. The minimum atomic E-state index is -1.04. The van der Waals surface area contributed by atoms with E-state index >= 15 is 0 Å². The Kier molecular flexibility index (Phi) is 8.01. The van der Waals surface area contributed by atoms with Crippen LogP contribution in [0.2, 0.25) is 0 Å². The largest absolute Gasteiger partial charge is 0.480 e. The second-order valence-corrected chi connectivity index (χ2v) is 8.08. The minimum Gasteiger partial charge on any atom is -0.480 e. The first kappa shape index (κ1) is 23.0. The molecule has 3 rings (SSSR count). The lowest BCUT2D eigenvalue weighted by Gasteiger charge is -2.17. The van der Waals surface area contributed by atoms with E-state index < -0.39 is 17.9 Å². The molecule has 0 saturated heterocycles. The lowest BCUT2D eigenvalue weighted by Crippen LogP contribution is -2.41. The number of aryl methyl sites for hydroxylation is 1. The van der Waals surface area contributed by atoms with Crippen molar-refractivity contribution in [1.29, 1.82) is 0 Å². The van der Waals surface area contributed by atoms with Crippen molar-refractivity contribution >= 4 is 23.6 Å². The van der Waals surface area contributed by atoms with Gasteiger partial charge in [-0.3, -0.25) is 4.79 Å². The molecule has 0 fully saturated rings. The Bertz CT molecular complexity index is 1170. The number of carboxylic acids is 1. The number of hydrogen-bond donors (Lipinski definition) is 2. The molecule has 2 N–H and O–H groups in total. The zero-order valence-electron chi connectivity index (χ0n) is 17.8. The molecular formula is C25H23N3O3S.